The topological polar surface area (TPSA) is 92.1 Å². The van der Waals surface area contributed by atoms with Crippen LogP contribution in [-0.4, -0.2) is 40.0 Å². The Morgan fingerprint density at radius 2 is 2.05 bits per heavy atom. The van der Waals surface area contributed by atoms with Crippen molar-refractivity contribution in [2.75, 3.05) is 13.1 Å². The molecule has 2 heterocycles. The third-order valence-corrected chi connectivity index (χ3v) is 4.05. The van der Waals surface area contributed by atoms with Crippen LogP contribution in [0.2, 0.25) is 0 Å². The van der Waals surface area contributed by atoms with E-state index < -0.39 is 5.91 Å². The number of fused-ring (bicyclic) bond motifs is 1. The van der Waals surface area contributed by atoms with Crippen LogP contribution in [0.3, 0.4) is 0 Å². The monoisotopic (exact) mass is 299 g/mol. The van der Waals surface area contributed by atoms with Gasteiger partial charge in [0.05, 0.1) is 23.7 Å². The van der Waals surface area contributed by atoms with Gasteiger partial charge in [0.25, 0.3) is 5.91 Å². The SMILES string of the molecule is NC(=O)c1cc(C[CH]C(=O)N2CCCCC2)cc2cn[nH]c12. The Bertz CT molecular complexity index is 701. The minimum atomic E-state index is -0.501. The van der Waals surface area contributed by atoms with E-state index in [9.17, 15) is 9.59 Å². The molecule has 3 rings (SSSR count). The van der Waals surface area contributed by atoms with Crippen molar-refractivity contribution in [3.05, 3.63) is 35.9 Å². The summed E-state index contributed by atoms with van der Waals surface area (Å²) in [6, 6.07) is 3.65. The van der Waals surface area contributed by atoms with Gasteiger partial charge < -0.3 is 10.6 Å². The molecule has 0 saturated carbocycles. The molecule has 1 saturated heterocycles. The van der Waals surface area contributed by atoms with Gasteiger partial charge in [-0.25, -0.2) is 0 Å². The third-order valence-electron chi connectivity index (χ3n) is 4.05. The molecule has 115 valence electrons. The van der Waals surface area contributed by atoms with Gasteiger partial charge in [-0.05, 0) is 43.4 Å². The number of nitrogens with two attached hydrogens (primary N) is 1. The number of H-pyrrole nitrogens is 1. The van der Waals surface area contributed by atoms with Crippen LogP contribution in [0, 0.1) is 6.42 Å². The fourth-order valence-corrected chi connectivity index (χ4v) is 2.88. The zero-order valence-electron chi connectivity index (χ0n) is 12.3. The Balaban J connectivity index is 1.73. The second-order valence-corrected chi connectivity index (χ2v) is 5.64. The average molecular weight is 299 g/mol. The first kappa shape index (κ1) is 14.6. The lowest BCUT2D eigenvalue weighted by atomic mass is 10.0. The molecule has 3 N–H and O–H groups in total. The van der Waals surface area contributed by atoms with E-state index in [1.54, 1.807) is 18.7 Å². The molecule has 22 heavy (non-hydrogen) atoms. The molecule has 0 spiro atoms. The number of carbonyl (C=O) groups is 2. The Hall–Kier alpha value is -2.37. The predicted molar refractivity (Wildman–Crippen MR) is 83.0 cm³/mol. The molecule has 1 aliphatic rings. The lowest BCUT2D eigenvalue weighted by Gasteiger charge is -2.26. The van der Waals surface area contributed by atoms with Gasteiger partial charge in [0, 0.05) is 18.5 Å². The van der Waals surface area contributed by atoms with Gasteiger partial charge in [0.15, 0.2) is 0 Å². The quantitative estimate of drug-likeness (QED) is 0.894. The molecular weight excluding hydrogens is 280 g/mol. The predicted octanol–water partition coefficient (Wildman–Crippen LogP) is 1.42. The van der Waals surface area contributed by atoms with Crippen LogP contribution in [0.15, 0.2) is 18.3 Å². The molecule has 1 radical (unpaired) electrons. The Labute approximate surface area is 128 Å². The molecule has 6 nitrogen and oxygen atoms in total. The summed E-state index contributed by atoms with van der Waals surface area (Å²) in [5, 5.41) is 7.54. The van der Waals surface area contributed by atoms with Gasteiger partial charge in [-0.1, -0.05) is 0 Å². The lowest BCUT2D eigenvalue weighted by molar-refractivity contribution is -0.128. The van der Waals surface area contributed by atoms with E-state index in [4.69, 9.17) is 5.73 Å². The minimum Gasteiger partial charge on any atom is -0.366 e. The van der Waals surface area contributed by atoms with Crippen molar-refractivity contribution in [3.63, 3.8) is 0 Å². The van der Waals surface area contributed by atoms with E-state index in [1.165, 1.54) is 6.42 Å². The molecule has 1 aliphatic heterocycles. The molecule has 2 aromatic rings. The number of carbonyl (C=O) groups excluding carboxylic acids is 2. The molecule has 0 bridgehead atoms. The highest BCUT2D eigenvalue weighted by Crippen LogP contribution is 2.20. The standard InChI is InChI=1S/C16H19N4O2/c17-16(22)13-9-11(8-12-10-18-19-15(12)13)4-5-14(21)20-6-2-1-3-7-20/h5,8-10H,1-4,6-7H2,(H2,17,22)(H,18,19). The van der Waals surface area contributed by atoms with Crippen LogP contribution in [-0.2, 0) is 11.2 Å². The number of nitrogens with one attached hydrogen (secondary N) is 1. The highest BCUT2D eigenvalue weighted by atomic mass is 16.2. The fourth-order valence-electron chi connectivity index (χ4n) is 2.88. The maximum atomic E-state index is 12.2. The summed E-state index contributed by atoms with van der Waals surface area (Å²) >= 11 is 0. The highest BCUT2D eigenvalue weighted by Gasteiger charge is 2.17. The van der Waals surface area contributed by atoms with E-state index in [0.29, 0.717) is 17.5 Å². The Morgan fingerprint density at radius 1 is 1.27 bits per heavy atom. The van der Waals surface area contributed by atoms with E-state index in [-0.39, 0.29) is 5.91 Å². The number of likely N-dealkylation sites (tertiary alicyclic amines) is 1. The largest absolute Gasteiger partial charge is 0.366 e. The first-order valence-corrected chi connectivity index (χ1v) is 7.53. The van der Waals surface area contributed by atoms with Crippen molar-refractivity contribution in [3.8, 4) is 0 Å². The van der Waals surface area contributed by atoms with E-state index in [2.05, 4.69) is 10.2 Å². The molecule has 1 aromatic carbocycles. The number of aromatic nitrogens is 2. The zero-order chi connectivity index (χ0) is 15.5. The number of hydrogen-bond acceptors (Lipinski definition) is 3. The van der Waals surface area contributed by atoms with Gasteiger partial charge in [-0.2, -0.15) is 5.10 Å². The van der Waals surface area contributed by atoms with Gasteiger partial charge in [-0.3, -0.25) is 14.7 Å². The number of primary amides is 1. The lowest BCUT2D eigenvalue weighted by Crippen LogP contribution is -2.36. The van der Waals surface area contributed by atoms with Crippen molar-refractivity contribution in [2.45, 2.75) is 25.7 Å². The molecule has 0 atom stereocenters. The van der Waals surface area contributed by atoms with E-state index >= 15 is 0 Å². The third kappa shape index (κ3) is 2.95. The number of hydrogen-bond donors (Lipinski definition) is 2. The summed E-state index contributed by atoms with van der Waals surface area (Å²) in [5.74, 6) is -0.439. The maximum Gasteiger partial charge on any atom is 0.250 e. The first-order valence-electron chi connectivity index (χ1n) is 7.53. The molecule has 0 unspecified atom stereocenters. The van der Waals surface area contributed by atoms with Gasteiger partial charge in [0.1, 0.15) is 0 Å². The number of nitrogens with zero attached hydrogens (tertiary/aromatic N) is 2. The summed E-state index contributed by atoms with van der Waals surface area (Å²) in [7, 11) is 0. The highest BCUT2D eigenvalue weighted by molar-refractivity contribution is 6.05. The Kier molecular flexibility index (Phi) is 4.09. The molecule has 2 amide bonds. The van der Waals surface area contributed by atoms with Crippen LogP contribution in [0.5, 0.6) is 0 Å². The van der Waals surface area contributed by atoms with Crippen molar-refractivity contribution in [2.24, 2.45) is 5.73 Å². The second-order valence-electron chi connectivity index (χ2n) is 5.64. The van der Waals surface area contributed by atoms with Crippen molar-refractivity contribution in [1.29, 1.82) is 0 Å². The van der Waals surface area contributed by atoms with Crippen molar-refractivity contribution >= 4 is 22.7 Å². The molecular formula is C16H19N4O2. The minimum absolute atomic E-state index is 0.0626. The Morgan fingerprint density at radius 3 is 2.77 bits per heavy atom. The average Bonchev–Trinajstić information content (AvgIpc) is 3.00. The molecule has 6 heteroatoms. The van der Waals surface area contributed by atoms with Gasteiger partial charge in [-0.15, -0.1) is 0 Å². The zero-order valence-corrected chi connectivity index (χ0v) is 12.3. The summed E-state index contributed by atoms with van der Waals surface area (Å²) in [5.41, 5.74) is 7.34. The van der Waals surface area contributed by atoms with Gasteiger partial charge >= 0.3 is 0 Å². The second kappa shape index (κ2) is 6.17. The van der Waals surface area contributed by atoms with Crippen molar-refractivity contribution < 1.29 is 9.59 Å². The summed E-state index contributed by atoms with van der Waals surface area (Å²) in [6.07, 6.45) is 7.16. The summed E-state index contributed by atoms with van der Waals surface area (Å²) in [6.45, 7) is 1.67. The number of piperidine rings is 1. The summed E-state index contributed by atoms with van der Waals surface area (Å²) in [4.78, 5) is 25.6. The normalized spacial score (nSPS) is 15.2. The number of amides is 2. The van der Waals surface area contributed by atoms with Crippen molar-refractivity contribution in [1.82, 2.24) is 15.1 Å². The molecule has 1 aromatic heterocycles. The number of rotatable bonds is 4. The van der Waals surface area contributed by atoms with Gasteiger partial charge in [0.2, 0.25) is 5.91 Å². The van der Waals surface area contributed by atoms with Crippen LogP contribution < -0.4 is 5.73 Å². The van der Waals surface area contributed by atoms with Crippen LogP contribution in [0.4, 0.5) is 0 Å². The van der Waals surface area contributed by atoms with Crippen LogP contribution in [0.1, 0.15) is 35.2 Å². The maximum absolute atomic E-state index is 12.2. The van der Waals surface area contributed by atoms with Crippen LogP contribution >= 0.6 is 0 Å². The van der Waals surface area contributed by atoms with E-state index in [1.807, 2.05) is 11.0 Å². The smallest absolute Gasteiger partial charge is 0.250 e. The first-order chi connectivity index (χ1) is 10.6. The van der Waals surface area contributed by atoms with Crippen LogP contribution in [0.25, 0.3) is 10.9 Å². The molecule has 0 aliphatic carbocycles. The fraction of sp³-hybridized carbons (Fsp3) is 0.375. The summed E-state index contributed by atoms with van der Waals surface area (Å²) < 4.78 is 0. The number of benzene rings is 1. The molecule has 1 fully saturated rings. The number of aromatic amines is 1. The van der Waals surface area contributed by atoms with E-state index in [0.717, 1.165) is 36.9 Å².